The molecule has 160 valence electrons. The minimum absolute atomic E-state index is 0.145. The van der Waals surface area contributed by atoms with Crippen LogP contribution in [0, 0.1) is 5.92 Å². The Kier molecular flexibility index (Phi) is 9.57. The molecule has 1 fully saturated rings. The van der Waals surface area contributed by atoms with Gasteiger partial charge in [0.25, 0.3) is 0 Å². The van der Waals surface area contributed by atoms with E-state index < -0.39 is 5.60 Å². The Hall–Kier alpha value is -1.47. The molecule has 1 aliphatic rings. The first kappa shape index (κ1) is 24.6. The summed E-state index contributed by atoms with van der Waals surface area (Å²) in [5, 5.41) is 9.32. The topological polar surface area (TPSA) is 80.0 Å². The first-order valence-electron chi connectivity index (χ1n) is 10.00. The van der Waals surface area contributed by atoms with E-state index in [1.807, 2.05) is 25.7 Å². The lowest BCUT2D eigenvalue weighted by atomic mass is 9.93. The monoisotopic (exact) mass is 410 g/mol. The van der Waals surface area contributed by atoms with Crippen molar-refractivity contribution in [1.82, 2.24) is 10.2 Å². The molecule has 1 aliphatic heterocycles. The maximum atomic E-state index is 12.5. The van der Waals surface area contributed by atoms with Gasteiger partial charge in [-0.1, -0.05) is 26.0 Å². The lowest BCUT2D eigenvalue weighted by Crippen LogP contribution is -2.45. The first-order chi connectivity index (χ1) is 13.0. The number of unbranched alkanes of at least 4 members (excludes halogenated alkanes) is 2. The van der Waals surface area contributed by atoms with Crippen molar-refractivity contribution < 1.29 is 9.53 Å². The van der Waals surface area contributed by atoms with Gasteiger partial charge in [-0.3, -0.25) is 5.14 Å². The van der Waals surface area contributed by atoms with Crippen LogP contribution in [-0.4, -0.2) is 40.3 Å². The Balaban J connectivity index is 2.30. The van der Waals surface area contributed by atoms with Gasteiger partial charge in [-0.25, -0.2) is 9.79 Å². The molecule has 0 aromatic heterocycles. The third-order valence-electron chi connectivity index (χ3n) is 4.73. The quantitative estimate of drug-likeness (QED) is 0.246. The molecule has 28 heavy (non-hydrogen) atoms. The lowest BCUT2D eigenvalue weighted by molar-refractivity contribution is 0.0131. The van der Waals surface area contributed by atoms with Crippen molar-refractivity contribution in [3.8, 4) is 0 Å². The number of aliphatic imine (C=N–C) groups is 1. The summed E-state index contributed by atoms with van der Waals surface area (Å²) in [5.41, 5.74) is -0.601. The second-order valence-corrected chi connectivity index (χ2v) is 9.62. The van der Waals surface area contributed by atoms with Crippen LogP contribution in [0.1, 0.15) is 66.7 Å². The molecule has 1 rings (SSSR count). The Morgan fingerprint density at radius 2 is 2.07 bits per heavy atom. The van der Waals surface area contributed by atoms with E-state index in [9.17, 15) is 4.79 Å². The molecule has 0 aromatic carbocycles. The molecule has 1 heterocycles. The van der Waals surface area contributed by atoms with E-state index in [1.165, 1.54) is 0 Å². The van der Waals surface area contributed by atoms with E-state index in [0.29, 0.717) is 16.8 Å². The van der Waals surface area contributed by atoms with Crippen molar-refractivity contribution in [2.75, 3.05) is 13.1 Å². The average Bonchev–Trinajstić information content (AvgIpc) is 2.88. The Labute approximate surface area is 175 Å². The fraction of sp³-hybridized carbons (Fsp3) is 0.714. The maximum absolute atomic E-state index is 12.5. The molecule has 0 aromatic rings. The zero-order valence-corrected chi connectivity index (χ0v) is 19.0. The van der Waals surface area contributed by atoms with Crippen LogP contribution >= 0.6 is 11.9 Å². The van der Waals surface area contributed by atoms with Crippen molar-refractivity contribution in [3.05, 3.63) is 25.1 Å². The van der Waals surface area contributed by atoms with E-state index in [4.69, 9.17) is 9.88 Å². The molecule has 0 bridgehead atoms. The molecule has 7 heteroatoms. The predicted octanol–water partition coefficient (Wildman–Crippen LogP) is 4.83. The lowest BCUT2D eigenvalue weighted by Gasteiger charge is -2.33. The summed E-state index contributed by atoms with van der Waals surface area (Å²) in [7, 11) is 0. The third kappa shape index (κ3) is 8.69. The highest BCUT2D eigenvalue weighted by Crippen LogP contribution is 2.36. The van der Waals surface area contributed by atoms with Crippen molar-refractivity contribution in [1.29, 1.82) is 0 Å². The van der Waals surface area contributed by atoms with E-state index in [-0.39, 0.29) is 11.6 Å². The van der Waals surface area contributed by atoms with Crippen LogP contribution in [0.15, 0.2) is 30.0 Å². The van der Waals surface area contributed by atoms with Gasteiger partial charge in [0.2, 0.25) is 0 Å². The SMILES string of the molecule is C=C/C(=N\C(=C)NCCCCCC1CN(C(=O)OC(C)(C)C)C(C)(C)C1)SN. The van der Waals surface area contributed by atoms with Crippen LogP contribution in [0.4, 0.5) is 4.79 Å². The Bertz CT molecular complexity index is 581. The number of likely N-dealkylation sites (tertiary alicyclic amines) is 1. The number of carbonyl (C=O) groups excluding carboxylic acids is 1. The number of hydrogen-bond donors (Lipinski definition) is 2. The number of nitrogens with one attached hydrogen (secondary N) is 1. The summed E-state index contributed by atoms with van der Waals surface area (Å²) in [6, 6.07) is 0. The zero-order valence-electron chi connectivity index (χ0n) is 18.2. The highest BCUT2D eigenvalue weighted by Gasteiger charge is 2.42. The van der Waals surface area contributed by atoms with Crippen LogP contribution in [0.25, 0.3) is 0 Å². The largest absolute Gasteiger partial charge is 0.444 e. The number of ether oxygens (including phenoxy) is 1. The second kappa shape index (κ2) is 10.9. The third-order valence-corrected chi connectivity index (χ3v) is 5.23. The maximum Gasteiger partial charge on any atom is 0.410 e. The van der Waals surface area contributed by atoms with Gasteiger partial charge in [-0.05, 0) is 77.8 Å². The van der Waals surface area contributed by atoms with Gasteiger partial charge >= 0.3 is 6.09 Å². The molecule has 0 radical (unpaired) electrons. The number of rotatable bonds is 9. The number of nitrogens with zero attached hydrogens (tertiary/aromatic N) is 2. The minimum Gasteiger partial charge on any atom is -0.444 e. The molecule has 0 saturated carbocycles. The molecule has 1 unspecified atom stereocenters. The average molecular weight is 411 g/mol. The predicted molar refractivity (Wildman–Crippen MR) is 120 cm³/mol. The number of amides is 1. The van der Waals surface area contributed by atoms with Crippen molar-refractivity contribution in [2.24, 2.45) is 16.0 Å². The van der Waals surface area contributed by atoms with E-state index in [1.54, 1.807) is 6.08 Å². The zero-order chi connectivity index (χ0) is 21.4. The van der Waals surface area contributed by atoms with Crippen molar-refractivity contribution in [2.45, 2.75) is 77.9 Å². The van der Waals surface area contributed by atoms with Gasteiger partial charge in [0.05, 0.1) is 0 Å². The Morgan fingerprint density at radius 1 is 1.39 bits per heavy atom. The van der Waals surface area contributed by atoms with Gasteiger partial charge in [0.1, 0.15) is 16.5 Å². The minimum atomic E-state index is -0.457. The van der Waals surface area contributed by atoms with Crippen LogP contribution in [0.5, 0.6) is 0 Å². The summed E-state index contributed by atoms with van der Waals surface area (Å²) in [6.07, 6.45) is 6.91. The highest BCUT2D eigenvalue weighted by atomic mass is 32.2. The standard InChI is InChI=1S/C21H38N4O2S/c1-8-18(28-22)24-16(2)23-13-11-9-10-12-17-14-21(6,7)25(15-17)19(26)27-20(3,4)5/h8,17,23H,1-2,9-15,22H2,3-7H3/b24-18+. The normalized spacial score (nSPS) is 19.4. The van der Waals surface area contributed by atoms with Crippen LogP contribution in [-0.2, 0) is 4.74 Å². The van der Waals surface area contributed by atoms with Gasteiger partial charge in [0.15, 0.2) is 0 Å². The number of hydrogen-bond acceptors (Lipinski definition) is 6. The Morgan fingerprint density at radius 3 is 2.64 bits per heavy atom. The van der Waals surface area contributed by atoms with Crippen molar-refractivity contribution in [3.63, 3.8) is 0 Å². The highest BCUT2D eigenvalue weighted by molar-refractivity contribution is 8.12. The molecule has 3 N–H and O–H groups in total. The second-order valence-electron chi connectivity index (χ2n) is 8.97. The first-order valence-corrected chi connectivity index (χ1v) is 10.9. The van der Waals surface area contributed by atoms with Gasteiger partial charge in [-0.15, -0.1) is 0 Å². The summed E-state index contributed by atoms with van der Waals surface area (Å²) in [4.78, 5) is 18.6. The molecule has 1 amide bonds. The van der Waals surface area contributed by atoms with E-state index >= 15 is 0 Å². The number of carbonyl (C=O) groups is 1. The van der Waals surface area contributed by atoms with Crippen molar-refractivity contribution >= 4 is 23.1 Å². The van der Waals surface area contributed by atoms with Crippen LogP contribution in [0.3, 0.4) is 0 Å². The molecule has 1 saturated heterocycles. The van der Waals surface area contributed by atoms with Crippen LogP contribution in [0.2, 0.25) is 0 Å². The van der Waals surface area contributed by atoms with Gasteiger partial charge in [0, 0.05) is 18.6 Å². The number of nitrogens with two attached hydrogens (primary N) is 1. The summed E-state index contributed by atoms with van der Waals surface area (Å²) in [5.74, 6) is 1.14. The molecular weight excluding hydrogens is 372 g/mol. The molecule has 6 nitrogen and oxygen atoms in total. The fourth-order valence-corrected chi connectivity index (χ4v) is 3.74. The van der Waals surface area contributed by atoms with E-state index in [2.05, 4.69) is 37.3 Å². The summed E-state index contributed by atoms with van der Waals surface area (Å²) < 4.78 is 5.57. The molecular formula is C21H38N4O2S. The summed E-state index contributed by atoms with van der Waals surface area (Å²) >= 11 is 1.06. The van der Waals surface area contributed by atoms with Crippen LogP contribution < -0.4 is 10.5 Å². The van der Waals surface area contributed by atoms with E-state index in [0.717, 1.165) is 57.1 Å². The molecule has 0 spiro atoms. The summed E-state index contributed by atoms with van der Waals surface area (Å²) in [6.45, 7) is 19.1. The smallest absolute Gasteiger partial charge is 0.410 e. The van der Waals surface area contributed by atoms with Gasteiger partial charge in [-0.2, -0.15) is 0 Å². The molecule has 0 aliphatic carbocycles. The molecule has 1 atom stereocenters. The van der Waals surface area contributed by atoms with Gasteiger partial charge < -0.3 is 15.0 Å². The fourth-order valence-electron chi connectivity index (χ4n) is 3.48.